The monoisotopic (exact) mass is 742 g/mol. The second-order valence-corrected chi connectivity index (χ2v) is 18.1. The zero-order valence-electron chi connectivity index (χ0n) is 33.2. The van der Waals surface area contributed by atoms with E-state index < -0.39 is 64.7 Å². The number of hydrogen-bond donors (Lipinski definition) is 5. The summed E-state index contributed by atoms with van der Waals surface area (Å²) in [6.07, 6.45) is 9.89. The summed E-state index contributed by atoms with van der Waals surface area (Å²) < 4.78 is 5.51. The number of rotatable bonds is 17. The van der Waals surface area contributed by atoms with Crippen LogP contribution in [0.2, 0.25) is 0 Å². The SMILES string of the molecule is C=CCNC(=O)C(=O)C(CCCC)NC(=O)[C@@H]1C2CC(C)(C)[C@H]2CN1C(=O)C(NC(=O)NC(COC(=O)NCC1CC1)C(C)(C)C)C1(C)CCCCC1. The average Bonchev–Trinajstić information content (AvgIpc) is 3.87. The topological polar surface area (TPSA) is 175 Å². The Morgan fingerprint density at radius 2 is 1.64 bits per heavy atom. The van der Waals surface area contributed by atoms with Crippen molar-refractivity contribution in [2.75, 3.05) is 26.2 Å². The zero-order valence-corrected chi connectivity index (χ0v) is 33.2. The molecule has 0 aromatic heterocycles. The van der Waals surface area contributed by atoms with Gasteiger partial charge in [0.25, 0.3) is 5.91 Å². The number of carbonyl (C=O) groups is 6. The number of Topliss-reactive ketones (excluding diaryl/α,β-unsaturated/α-hetero) is 1. The fourth-order valence-electron chi connectivity index (χ4n) is 8.45. The summed E-state index contributed by atoms with van der Waals surface area (Å²) in [6.45, 7) is 18.7. The van der Waals surface area contributed by atoms with E-state index in [1.165, 1.54) is 6.08 Å². The first-order valence-corrected chi connectivity index (χ1v) is 19.9. The molecule has 298 valence electrons. The smallest absolute Gasteiger partial charge is 0.407 e. The molecule has 4 aliphatic rings. The molecular weight excluding hydrogens is 676 g/mol. The van der Waals surface area contributed by atoms with Crippen molar-refractivity contribution in [2.24, 2.45) is 34.0 Å². The van der Waals surface area contributed by atoms with E-state index in [1.807, 2.05) is 34.6 Å². The second-order valence-electron chi connectivity index (χ2n) is 18.1. The predicted octanol–water partition coefficient (Wildman–Crippen LogP) is 4.59. The molecule has 0 bridgehead atoms. The molecule has 0 radical (unpaired) electrons. The van der Waals surface area contributed by atoms with Gasteiger partial charge < -0.3 is 36.2 Å². The number of amides is 6. The molecule has 6 amide bonds. The molecule has 1 saturated heterocycles. The first kappa shape index (κ1) is 42.1. The highest BCUT2D eigenvalue weighted by molar-refractivity contribution is 6.38. The van der Waals surface area contributed by atoms with Crippen molar-refractivity contribution in [2.45, 2.75) is 143 Å². The Labute approximate surface area is 316 Å². The number of nitrogens with one attached hydrogen (secondary N) is 5. The number of urea groups is 1. The van der Waals surface area contributed by atoms with E-state index in [0.717, 1.165) is 57.8 Å². The van der Waals surface area contributed by atoms with E-state index in [-0.39, 0.29) is 36.3 Å². The number of likely N-dealkylation sites (tertiary alicyclic amines) is 1. The molecule has 3 saturated carbocycles. The Morgan fingerprint density at radius 3 is 2.23 bits per heavy atom. The molecule has 1 aliphatic heterocycles. The predicted molar refractivity (Wildman–Crippen MR) is 203 cm³/mol. The molecule has 53 heavy (non-hydrogen) atoms. The van der Waals surface area contributed by atoms with Crippen LogP contribution in [0.4, 0.5) is 9.59 Å². The largest absolute Gasteiger partial charge is 0.447 e. The number of alkyl carbamates (subject to hydrolysis) is 1. The minimum atomic E-state index is -1.03. The van der Waals surface area contributed by atoms with Crippen molar-refractivity contribution in [3.63, 3.8) is 0 Å². The van der Waals surface area contributed by atoms with E-state index >= 15 is 0 Å². The number of ether oxygens (including phenoxy) is 1. The van der Waals surface area contributed by atoms with Crippen molar-refractivity contribution < 1.29 is 33.5 Å². The van der Waals surface area contributed by atoms with Crippen molar-refractivity contribution >= 4 is 35.6 Å². The van der Waals surface area contributed by atoms with Crippen LogP contribution in [0, 0.1) is 34.0 Å². The third-order valence-electron chi connectivity index (χ3n) is 12.3. The van der Waals surface area contributed by atoms with Crippen molar-refractivity contribution in [3.05, 3.63) is 12.7 Å². The standard InChI is InChI=1S/C40H66N6O7/c1-9-11-15-28(31(47)34(49)41-20-10-2)43-33(48)30-26-21-39(6,7)27(26)23-46(30)35(50)32(40(8)18-13-12-14-19-40)45-36(51)44-29(38(3,4)5)24-53-37(52)42-22-25-16-17-25/h10,25-30,32H,2,9,11-24H2,1,3-8H3,(H,41,49)(H,42,52)(H,43,48)(H2,44,45,51)/t26?,27-,28?,29?,30-,32?/m0/s1. The Bertz CT molecular complexity index is 1370. The number of unbranched alkanes of at least 4 members (excludes halogenated alkanes) is 1. The first-order chi connectivity index (χ1) is 24.9. The van der Waals surface area contributed by atoms with Crippen molar-refractivity contribution in [3.8, 4) is 0 Å². The maximum Gasteiger partial charge on any atom is 0.407 e. The fourth-order valence-corrected chi connectivity index (χ4v) is 8.45. The van der Waals surface area contributed by atoms with Crippen LogP contribution >= 0.6 is 0 Å². The highest BCUT2D eigenvalue weighted by Crippen LogP contribution is 2.57. The lowest BCUT2D eigenvalue weighted by Gasteiger charge is -2.48. The maximum absolute atomic E-state index is 15.0. The van der Waals surface area contributed by atoms with Gasteiger partial charge in [0.2, 0.25) is 17.6 Å². The van der Waals surface area contributed by atoms with Gasteiger partial charge >= 0.3 is 12.1 Å². The van der Waals surface area contributed by atoms with Gasteiger partial charge in [0.05, 0.1) is 12.1 Å². The zero-order chi connectivity index (χ0) is 39.1. The molecule has 4 fully saturated rings. The van der Waals surface area contributed by atoms with Gasteiger partial charge in [-0.15, -0.1) is 6.58 Å². The summed E-state index contributed by atoms with van der Waals surface area (Å²) in [5.74, 6) is -1.84. The van der Waals surface area contributed by atoms with E-state index in [4.69, 9.17) is 4.74 Å². The highest BCUT2D eigenvalue weighted by Gasteiger charge is 2.61. The Kier molecular flexibility index (Phi) is 14.0. The molecular formula is C40H66N6O7. The number of carbonyl (C=O) groups excluding carboxylic acids is 6. The molecule has 1 heterocycles. The molecule has 4 unspecified atom stereocenters. The van der Waals surface area contributed by atoms with E-state index in [9.17, 15) is 28.8 Å². The fraction of sp³-hybridized carbons (Fsp3) is 0.800. The van der Waals surface area contributed by atoms with Gasteiger partial charge in [-0.2, -0.15) is 0 Å². The average molecular weight is 743 g/mol. The summed E-state index contributed by atoms with van der Waals surface area (Å²) in [4.78, 5) is 83.1. The van der Waals surface area contributed by atoms with Gasteiger partial charge in [-0.3, -0.25) is 19.2 Å². The molecule has 3 aliphatic carbocycles. The number of fused-ring (bicyclic) bond motifs is 1. The third kappa shape index (κ3) is 10.7. The lowest BCUT2D eigenvalue weighted by atomic mass is 9.55. The molecule has 13 nitrogen and oxygen atoms in total. The Morgan fingerprint density at radius 1 is 0.962 bits per heavy atom. The number of hydrogen-bond acceptors (Lipinski definition) is 7. The summed E-state index contributed by atoms with van der Waals surface area (Å²) in [7, 11) is 0. The van der Waals surface area contributed by atoms with Gasteiger partial charge in [0, 0.05) is 19.6 Å². The van der Waals surface area contributed by atoms with Crippen LogP contribution in [0.3, 0.4) is 0 Å². The maximum atomic E-state index is 15.0. The van der Waals surface area contributed by atoms with E-state index in [2.05, 4.69) is 47.0 Å². The Hall–Kier alpha value is -3.64. The van der Waals surface area contributed by atoms with Gasteiger partial charge in [-0.05, 0) is 72.5 Å². The minimum absolute atomic E-state index is 0.0420. The van der Waals surface area contributed by atoms with Crippen LogP contribution in [0.5, 0.6) is 0 Å². The van der Waals surface area contributed by atoms with Gasteiger partial charge in [-0.25, -0.2) is 9.59 Å². The summed E-state index contributed by atoms with van der Waals surface area (Å²) in [5, 5.41) is 14.2. The molecule has 13 heteroatoms. The number of nitrogens with zero attached hydrogens (tertiary/aromatic N) is 1. The van der Waals surface area contributed by atoms with E-state index in [1.54, 1.807) is 4.90 Å². The summed E-state index contributed by atoms with van der Waals surface area (Å²) >= 11 is 0. The Balaban J connectivity index is 1.56. The van der Waals surface area contributed by atoms with Crippen LogP contribution in [-0.2, 0) is 23.9 Å². The van der Waals surface area contributed by atoms with Gasteiger partial charge in [0.15, 0.2) is 0 Å². The lowest BCUT2D eigenvalue weighted by Crippen LogP contribution is -2.63. The third-order valence-corrected chi connectivity index (χ3v) is 12.3. The van der Waals surface area contributed by atoms with E-state index in [0.29, 0.717) is 31.8 Å². The molecule has 6 atom stereocenters. The molecule has 5 N–H and O–H groups in total. The van der Waals surface area contributed by atoms with Crippen LogP contribution in [0.15, 0.2) is 12.7 Å². The molecule has 0 aromatic rings. The summed E-state index contributed by atoms with van der Waals surface area (Å²) in [6, 6.07) is -3.90. The molecule has 0 spiro atoms. The normalized spacial score (nSPS) is 24.6. The van der Waals surface area contributed by atoms with Crippen LogP contribution in [0.1, 0.15) is 119 Å². The quantitative estimate of drug-likeness (QED) is 0.107. The highest BCUT2D eigenvalue weighted by atomic mass is 16.5. The second kappa shape index (κ2) is 17.7. The van der Waals surface area contributed by atoms with Crippen molar-refractivity contribution in [1.82, 2.24) is 31.5 Å². The van der Waals surface area contributed by atoms with Crippen LogP contribution < -0.4 is 26.6 Å². The minimum Gasteiger partial charge on any atom is -0.447 e. The summed E-state index contributed by atoms with van der Waals surface area (Å²) in [5.41, 5.74) is -1.14. The molecule has 4 rings (SSSR count). The van der Waals surface area contributed by atoms with Crippen LogP contribution in [-0.4, -0.2) is 90.9 Å². The lowest BCUT2D eigenvalue weighted by molar-refractivity contribution is -0.145. The number of ketones is 1. The van der Waals surface area contributed by atoms with Gasteiger partial charge in [-0.1, -0.05) is 86.6 Å². The molecule has 0 aromatic carbocycles. The van der Waals surface area contributed by atoms with Gasteiger partial charge in [0.1, 0.15) is 18.7 Å². The van der Waals surface area contributed by atoms with Crippen molar-refractivity contribution in [1.29, 1.82) is 0 Å². The first-order valence-electron chi connectivity index (χ1n) is 19.9. The van der Waals surface area contributed by atoms with Crippen LogP contribution in [0.25, 0.3) is 0 Å².